The van der Waals surface area contributed by atoms with E-state index in [1.165, 1.54) is 6.07 Å². The SMILES string of the molecule is COc1ccc2c(N3CCNCC3)ccc(C(=O)Nc3cc(F)c4nc(C)cn4c3)c2n1. The first-order valence-corrected chi connectivity index (χ1v) is 10.4. The van der Waals surface area contributed by atoms with Gasteiger partial charge in [-0.15, -0.1) is 0 Å². The lowest BCUT2D eigenvalue weighted by molar-refractivity contribution is 0.102. The Hall–Kier alpha value is -3.72. The number of hydrogen-bond acceptors (Lipinski definition) is 6. The second-order valence-corrected chi connectivity index (χ2v) is 7.76. The number of halogens is 1. The number of fused-ring (bicyclic) bond motifs is 2. The van der Waals surface area contributed by atoms with Crippen LogP contribution in [0.5, 0.6) is 5.88 Å². The maximum absolute atomic E-state index is 14.4. The van der Waals surface area contributed by atoms with Crippen molar-refractivity contribution in [2.75, 3.05) is 43.5 Å². The predicted molar refractivity (Wildman–Crippen MR) is 121 cm³/mol. The number of anilines is 2. The van der Waals surface area contributed by atoms with Gasteiger partial charge in [-0.05, 0) is 25.1 Å². The smallest absolute Gasteiger partial charge is 0.257 e. The molecule has 0 spiro atoms. The Balaban J connectivity index is 1.55. The Morgan fingerprint density at radius 3 is 2.75 bits per heavy atom. The Kier molecular flexibility index (Phi) is 5.10. The van der Waals surface area contributed by atoms with Gasteiger partial charge in [0, 0.05) is 61.8 Å². The zero-order chi connectivity index (χ0) is 22.2. The van der Waals surface area contributed by atoms with E-state index in [1.54, 1.807) is 43.0 Å². The summed E-state index contributed by atoms with van der Waals surface area (Å²) in [7, 11) is 1.54. The van der Waals surface area contributed by atoms with Gasteiger partial charge < -0.3 is 24.7 Å². The first-order chi connectivity index (χ1) is 15.5. The van der Waals surface area contributed by atoms with Gasteiger partial charge in [0.1, 0.15) is 0 Å². The van der Waals surface area contributed by atoms with Gasteiger partial charge in [-0.25, -0.2) is 14.4 Å². The van der Waals surface area contributed by atoms with Gasteiger partial charge in [0.25, 0.3) is 5.91 Å². The van der Waals surface area contributed by atoms with Crippen molar-refractivity contribution in [3.8, 4) is 5.88 Å². The van der Waals surface area contributed by atoms with Gasteiger partial charge in [-0.1, -0.05) is 0 Å². The highest BCUT2D eigenvalue weighted by Crippen LogP contribution is 2.31. The standard InChI is InChI=1S/C23H23FN6O2/c1-14-12-30-13-15(11-18(24)22(30)26-14)27-23(31)17-3-5-19(29-9-7-25-8-10-29)16-4-6-20(32-2)28-21(16)17/h3-6,11-13,25H,7-10H2,1-2H3,(H,27,31). The van der Waals surface area contributed by atoms with E-state index in [2.05, 4.69) is 25.5 Å². The monoisotopic (exact) mass is 434 g/mol. The summed E-state index contributed by atoms with van der Waals surface area (Å²) < 4.78 is 21.3. The number of aromatic nitrogens is 3. The van der Waals surface area contributed by atoms with Crippen molar-refractivity contribution in [3.05, 3.63) is 59.8 Å². The number of nitrogens with zero attached hydrogens (tertiary/aromatic N) is 4. The van der Waals surface area contributed by atoms with Crippen LogP contribution in [-0.2, 0) is 0 Å². The van der Waals surface area contributed by atoms with Gasteiger partial charge in [-0.2, -0.15) is 0 Å². The van der Waals surface area contributed by atoms with Crippen LogP contribution in [0.25, 0.3) is 16.6 Å². The highest BCUT2D eigenvalue weighted by molar-refractivity contribution is 6.14. The molecule has 0 aliphatic carbocycles. The molecule has 4 aromatic rings. The maximum atomic E-state index is 14.4. The highest BCUT2D eigenvalue weighted by atomic mass is 19.1. The topological polar surface area (TPSA) is 83.8 Å². The molecule has 1 aliphatic heterocycles. The van der Waals surface area contributed by atoms with Crippen LogP contribution in [0.1, 0.15) is 16.1 Å². The van der Waals surface area contributed by atoms with E-state index < -0.39 is 5.82 Å². The van der Waals surface area contributed by atoms with Crippen LogP contribution in [0, 0.1) is 12.7 Å². The molecule has 9 heteroatoms. The second kappa shape index (κ2) is 8.08. The third-order valence-electron chi connectivity index (χ3n) is 5.60. The van der Waals surface area contributed by atoms with Crippen molar-refractivity contribution in [1.29, 1.82) is 0 Å². The molecule has 0 unspecified atom stereocenters. The van der Waals surface area contributed by atoms with E-state index in [-0.39, 0.29) is 11.6 Å². The van der Waals surface area contributed by atoms with Crippen LogP contribution in [0.4, 0.5) is 15.8 Å². The van der Waals surface area contributed by atoms with E-state index in [0.717, 1.165) is 37.3 Å². The highest BCUT2D eigenvalue weighted by Gasteiger charge is 2.20. The predicted octanol–water partition coefficient (Wildman–Crippen LogP) is 3.00. The number of carbonyl (C=O) groups is 1. The molecule has 164 valence electrons. The van der Waals surface area contributed by atoms with Crippen LogP contribution >= 0.6 is 0 Å². The van der Waals surface area contributed by atoms with Crippen molar-refractivity contribution in [2.45, 2.75) is 6.92 Å². The van der Waals surface area contributed by atoms with Crippen molar-refractivity contribution in [3.63, 3.8) is 0 Å². The number of pyridine rings is 2. The van der Waals surface area contributed by atoms with Crippen LogP contribution < -0.4 is 20.3 Å². The van der Waals surface area contributed by atoms with Crippen LogP contribution in [0.15, 0.2) is 42.7 Å². The molecule has 1 aliphatic rings. The fourth-order valence-electron chi connectivity index (χ4n) is 4.11. The van der Waals surface area contributed by atoms with Crippen molar-refractivity contribution in [2.24, 2.45) is 0 Å². The average molecular weight is 434 g/mol. The van der Waals surface area contributed by atoms with Gasteiger partial charge >= 0.3 is 0 Å². The van der Waals surface area contributed by atoms with Gasteiger partial charge in [0.2, 0.25) is 5.88 Å². The number of rotatable bonds is 4. The number of nitrogens with one attached hydrogen (secondary N) is 2. The molecule has 1 saturated heterocycles. The summed E-state index contributed by atoms with van der Waals surface area (Å²) >= 11 is 0. The Labute approximate surface area is 184 Å². The lowest BCUT2D eigenvalue weighted by atomic mass is 10.1. The lowest BCUT2D eigenvalue weighted by Crippen LogP contribution is -2.43. The molecule has 1 fully saturated rings. The number of imidazole rings is 1. The molecular formula is C23H23FN6O2. The zero-order valence-electron chi connectivity index (χ0n) is 17.9. The number of ether oxygens (including phenoxy) is 1. The van der Waals surface area contributed by atoms with E-state index in [4.69, 9.17) is 4.74 Å². The molecule has 0 radical (unpaired) electrons. The lowest BCUT2D eigenvalue weighted by Gasteiger charge is -2.30. The molecular weight excluding hydrogens is 411 g/mol. The summed E-state index contributed by atoms with van der Waals surface area (Å²) in [5, 5.41) is 7.01. The van der Waals surface area contributed by atoms with E-state index in [1.807, 2.05) is 12.1 Å². The molecule has 0 bridgehead atoms. The van der Waals surface area contributed by atoms with Crippen LogP contribution in [-0.4, -0.2) is 53.6 Å². The molecule has 2 N–H and O–H groups in total. The zero-order valence-corrected chi connectivity index (χ0v) is 17.9. The number of amides is 1. The number of benzene rings is 1. The van der Waals surface area contributed by atoms with Gasteiger partial charge in [0.05, 0.1) is 29.6 Å². The van der Waals surface area contributed by atoms with Gasteiger partial charge in [0.15, 0.2) is 11.5 Å². The fraction of sp³-hybridized carbons (Fsp3) is 0.261. The first kappa shape index (κ1) is 20.2. The van der Waals surface area contributed by atoms with Crippen molar-refractivity contribution >= 4 is 33.8 Å². The summed E-state index contributed by atoms with van der Waals surface area (Å²) in [6.07, 6.45) is 3.35. The van der Waals surface area contributed by atoms with E-state index in [9.17, 15) is 9.18 Å². The Morgan fingerprint density at radius 2 is 1.97 bits per heavy atom. The minimum Gasteiger partial charge on any atom is -0.481 e. The van der Waals surface area contributed by atoms with Gasteiger partial charge in [-0.3, -0.25) is 4.79 Å². The summed E-state index contributed by atoms with van der Waals surface area (Å²) in [5.74, 6) is -0.460. The molecule has 8 nitrogen and oxygen atoms in total. The van der Waals surface area contributed by atoms with Crippen molar-refractivity contribution in [1.82, 2.24) is 19.7 Å². The van der Waals surface area contributed by atoms with Crippen LogP contribution in [0.2, 0.25) is 0 Å². The summed E-state index contributed by atoms with van der Waals surface area (Å²) in [6.45, 7) is 5.33. The quantitative estimate of drug-likeness (QED) is 0.514. The number of methoxy groups -OCH3 is 1. The van der Waals surface area contributed by atoms with Crippen molar-refractivity contribution < 1.29 is 13.9 Å². The van der Waals surface area contributed by atoms with Crippen LogP contribution in [0.3, 0.4) is 0 Å². The number of hydrogen-bond donors (Lipinski definition) is 2. The summed E-state index contributed by atoms with van der Waals surface area (Å²) in [5.41, 5.74) is 3.20. The minimum atomic E-state index is -0.505. The van der Waals surface area contributed by atoms with E-state index in [0.29, 0.717) is 28.3 Å². The summed E-state index contributed by atoms with van der Waals surface area (Å²) in [4.78, 5) is 24.2. The Bertz CT molecular complexity index is 1330. The molecule has 1 aromatic carbocycles. The molecule has 0 atom stereocenters. The number of piperazine rings is 1. The van der Waals surface area contributed by atoms with E-state index >= 15 is 0 Å². The third-order valence-corrected chi connectivity index (χ3v) is 5.60. The summed E-state index contributed by atoms with van der Waals surface area (Å²) in [6, 6.07) is 8.69. The number of carbonyl (C=O) groups excluding carboxylic acids is 1. The molecule has 1 amide bonds. The average Bonchev–Trinajstić information content (AvgIpc) is 3.19. The Morgan fingerprint density at radius 1 is 1.16 bits per heavy atom. The molecule has 32 heavy (non-hydrogen) atoms. The molecule has 4 heterocycles. The normalized spacial score (nSPS) is 14.2. The largest absolute Gasteiger partial charge is 0.481 e. The third kappa shape index (κ3) is 3.60. The molecule has 0 saturated carbocycles. The second-order valence-electron chi connectivity index (χ2n) is 7.76. The molecule has 3 aromatic heterocycles. The minimum absolute atomic E-state index is 0.220. The number of aryl methyl sites for hydroxylation is 1. The molecule has 5 rings (SSSR count). The first-order valence-electron chi connectivity index (χ1n) is 10.4. The fourth-order valence-corrected chi connectivity index (χ4v) is 4.11. The maximum Gasteiger partial charge on any atom is 0.257 e.